The zero-order valence-corrected chi connectivity index (χ0v) is 12.9. The number of rotatable bonds is 8. The van der Waals surface area contributed by atoms with Gasteiger partial charge in [-0.3, -0.25) is 4.68 Å². The average molecular weight is 312 g/mol. The molecule has 0 bridgehead atoms. The fourth-order valence-corrected chi connectivity index (χ4v) is 2.67. The molecule has 2 aromatic heterocycles. The second-order valence-corrected chi connectivity index (χ2v) is 6.62. The van der Waals surface area contributed by atoms with Crippen LogP contribution in [-0.4, -0.2) is 30.8 Å². The summed E-state index contributed by atoms with van der Waals surface area (Å²) in [4.78, 5) is 0. The predicted octanol–water partition coefficient (Wildman–Crippen LogP) is 0.953. The fraction of sp³-hybridized carbons (Fsp3) is 0.462. The molecule has 7 nitrogen and oxygen atoms in total. The first-order valence-corrected chi connectivity index (χ1v) is 8.25. The Kier molecular flexibility index (Phi) is 5.16. The number of hydrogen-bond acceptors (Lipinski definition) is 5. The molecule has 0 saturated heterocycles. The van der Waals surface area contributed by atoms with E-state index in [9.17, 15) is 8.42 Å². The lowest BCUT2D eigenvalue weighted by molar-refractivity contribution is 0.392. The van der Waals surface area contributed by atoms with Crippen molar-refractivity contribution in [1.29, 1.82) is 0 Å². The minimum Gasteiger partial charge on any atom is -0.447 e. The Labute approximate surface area is 124 Å². The molecule has 2 heterocycles. The third kappa shape index (κ3) is 4.69. The summed E-state index contributed by atoms with van der Waals surface area (Å²) in [5.74, 6) is 0.594. The molecule has 21 heavy (non-hydrogen) atoms. The predicted molar refractivity (Wildman–Crippen MR) is 78.1 cm³/mol. The molecule has 0 aliphatic rings. The highest BCUT2D eigenvalue weighted by Gasteiger charge is 2.18. The molecule has 2 aromatic rings. The van der Waals surface area contributed by atoms with Gasteiger partial charge in [0.05, 0.1) is 13.1 Å². The first-order chi connectivity index (χ1) is 9.97. The van der Waals surface area contributed by atoms with E-state index in [1.54, 1.807) is 29.2 Å². The zero-order valence-electron chi connectivity index (χ0n) is 12.1. The van der Waals surface area contributed by atoms with Crippen molar-refractivity contribution < 1.29 is 12.8 Å². The van der Waals surface area contributed by atoms with Crippen molar-refractivity contribution in [2.45, 2.75) is 38.1 Å². The summed E-state index contributed by atoms with van der Waals surface area (Å²) in [6.07, 6.45) is 3.42. The van der Waals surface area contributed by atoms with Crippen molar-refractivity contribution in [2.75, 3.05) is 6.54 Å². The van der Waals surface area contributed by atoms with Gasteiger partial charge in [0, 0.05) is 25.0 Å². The van der Waals surface area contributed by atoms with E-state index in [2.05, 4.69) is 15.1 Å². The molecule has 0 aromatic carbocycles. The fourth-order valence-electron chi connectivity index (χ4n) is 1.70. The highest BCUT2D eigenvalue weighted by Crippen LogP contribution is 2.13. The van der Waals surface area contributed by atoms with Gasteiger partial charge in [0.25, 0.3) is 10.0 Å². The van der Waals surface area contributed by atoms with Gasteiger partial charge in [-0.05, 0) is 18.2 Å². The van der Waals surface area contributed by atoms with Gasteiger partial charge in [-0.2, -0.15) is 5.10 Å². The first-order valence-electron chi connectivity index (χ1n) is 6.76. The number of aromatic nitrogens is 2. The molecule has 116 valence electrons. The van der Waals surface area contributed by atoms with E-state index in [4.69, 9.17) is 4.42 Å². The Morgan fingerprint density at radius 1 is 1.38 bits per heavy atom. The third-order valence-corrected chi connectivity index (χ3v) is 4.11. The van der Waals surface area contributed by atoms with Crippen LogP contribution < -0.4 is 10.0 Å². The molecular weight excluding hydrogens is 292 g/mol. The van der Waals surface area contributed by atoms with E-state index in [0.717, 1.165) is 0 Å². The lowest BCUT2D eigenvalue weighted by atomic mass is 10.3. The molecule has 0 atom stereocenters. The smallest absolute Gasteiger partial charge is 0.274 e. The number of nitrogens with one attached hydrogen (secondary N) is 2. The van der Waals surface area contributed by atoms with E-state index in [1.807, 2.05) is 13.8 Å². The topological polar surface area (TPSA) is 89.2 Å². The molecule has 0 unspecified atom stereocenters. The van der Waals surface area contributed by atoms with E-state index < -0.39 is 10.0 Å². The van der Waals surface area contributed by atoms with Crippen LogP contribution in [0, 0.1) is 0 Å². The van der Waals surface area contributed by atoms with Crippen molar-refractivity contribution >= 4 is 10.0 Å². The highest BCUT2D eigenvalue weighted by atomic mass is 32.2. The molecule has 2 rings (SSSR count). The normalized spacial score (nSPS) is 12.1. The Morgan fingerprint density at radius 2 is 2.19 bits per heavy atom. The summed E-state index contributed by atoms with van der Waals surface area (Å²) < 4.78 is 33.6. The van der Waals surface area contributed by atoms with Crippen LogP contribution in [-0.2, 0) is 23.1 Å². The number of furan rings is 1. The van der Waals surface area contributed by atoms with Crippen LogP contribution in [0.15, 0.2) is 40.1 Å². The van der Waals surface area contributed by atoms with Gasteiger partial charge < -0.3 is 9.73 Å². The van der Waals surface area contributed by atoms with Crippen LogP contribution in [0.25, 0.3) is 0 Å². The van der Waals surface area contributed by atoms with Gasteiger partial charge in [0.2, 0.25) is 5.09 Å². The van der Waals surface area contributed by atoms with Gasteiger partial charge >= 0.3 is 0 Å². The Bertz CT molecular complexity index is 647. The minimum atomic E-state index is -3.62. The van der Waals surface area contributed by atoms with E-state index in [1.165, 1.54) is 6.07 Å². The summed E-state index contributed by atoms with van der Waals surface area (Å²) in [5.41, 5.74) is 0. The maximum absolute atomic E-state index is 12.1. The Balaban J connectivity index is 1.89. The van der Waals surface area contributed by atoms with Crippen LogP contribution in [0.2, 0.25) is 0 Å². The lowest BCUT2D eigenvalue weighted by Gasteiger charge is -2.06. The summed E-state index contributed by atoms with van der Waals surface area (Å²) in [7, 11) is -3.62. The number of sulfonamides is 1. The maximum Gasteiger partial charge on any atom is 0.274 e. The van der Waals surface area contributed by atoms with E-state index in [-0.39, 0.29) is 11.6 Å². The average Bonchev–Trinajstić information content (AvgIpc) is 3.07. The summed E-state index contributed by atoms with van der Waals surface area (Å²) in [5, 5.41) is 7.11. The molecule has 8 heteroatoms. The molecule has 0 amide bonds. The minimum absolute atomic E-state index is 0.0662. The molecular formula is C13H20N4O3S. The Hall–Kier alpha value is -1.64. The quantitative estimate of drug-likeness (QED) is 0.757. The van der Waals surface area contributed by atoms with Gasteiger partial charge in [-0.25, -0.2) is 13.1 Å². The summed E-state index contributed by atoms with van der Waals surface area (Å²) in [6.45, 7) is 5.24. The van der Waals surface area contributed by atoms with Crippen LogP contribution in [0.5, 0.6) is 0 Å². The molecule has 0 spiro atoms. The van der Waals surface area contributed by atoms with Gasteiger partial charge in [0.1, 0.15) is 5.76 Å². The van der Waals surface area contributed by atoms with E-state index in [0.29, 0.717) is 24.9 Å². The third-order valence-electron chi connectivity index (χ3n) is 2.78. The highest BCUT2D eigenvalue weighted by molar-refractivity contribution is 7.89. The molecule has 0 radical (unpaired) electrons. The molecule has 0 fully saturated rings. The lowest BCUT2D eigenvalue weighted by Crippen LogP contribution is -2.27. The van der Waals surface area contributed by atoms with Crippen LogP contribution in [0.3, 0.4) is 0 Å². The van der Waals surface area contributed by atoms with Crippen LogP contribution in [0.4, 0.5) is 0 Å². The standard InChI is InChI=1S/C13H20N4O3S/c1-11(2)14-10-12-4-5-13(20-12)21(18,19)16-7-9-17-8-3-6-15-17/h3-6,8,11,14,16H,7,9-10H2,1-2H3. The van der Waals surface area contributed by atoms with Crippen LogP contribution >= 0.6 is 0 Å². The molecule has 0 aliphatic heterocycles. The summed E-state index contributed by atoms with van der Waals surface area (Å²) >= 11 is 0. The monoisotopic (exact) mass is 312 g/mol. The SMILES string of the molecule is CC(C)NCc1ccc(S(=O)(=O)NCCn2cccn2)o1. The van der Waals surface area contributed by atoms with Crippen molar-refractivity contribution in [3.05, 3.63) is 36.4 Å². The van der Waals surface area contributed by atoms with E-state index >= 15 is 0 Å². The number of nitrogens with zero attached hydrogens (tertiary/aromatic N) is 2. The molecule has 0 saturated carbocycles. The van der Waals surface area contributed by atoms with Crippen molar-refractivity contribution in [3.8, 4) is 0 Å². The second kappa shape index (κ2) is 6.88. The van der Waals surface area contributed by atoms with Crippen molar-refractivity contribution in [3.63, 3.8) is 0 Å². The maximum atomic E-state index is 12.1. The molecule has 2 N–H and O–H groups in total. The molecule has 0 aliphatic carbocycles. The first kappa shape index (κ1) is 15.7. The van der Waals surface area contributed by atoms with Crippen molar-refractivity contribution in [2.24, 2.45) is 0 Å². The van der Waals surface area contributed by atoms with Gasteiger partial charge in [0.15, 0.2) is 0 Å². The zero-order chi connectivity index (χ0) is 15.3. The largest absolute Gasteiger partial charge is 0.447 e. The van der Waals surface area contributed by atoms with Gasteiger partial charge in [-0.15, -0.1) is 0 Å². The van der Waals surface area contributed by atoms with Crippen LogP contribution in [0.1, 0.15) is 19.6 Å². The Morgan fingerprint density at radius 3 is 2.86 bits per heavy atom. The number of hydrogen-bond donors (Lipinski definition) is 2. The summed E-state index contributed by atoms with van der Waals surface area (Å²) in [6, 6.07) is 5.22. The van der Waals surface area contributed by atoms with Crippen molar-refractivity contribution in [1.82, 2.24) is 19.8 Å². The second-order valence-electron chi connectivity index (χ2n) is 4.92. The van der Waals surface area contributed by atoms with Gasteiger partial charge in [-0.1, -0.05) is 13.8 Å².